The molecule has 1 fully saturated rings. The van der Waals surface area contributed by atoms with E-state index in [1.165, 1.54) is 6.07 Å². The number of aromatic nitrogens is 3. The van der Waals surface area contributed by atoms with Crippen LogP contribution in [0, 0.1) is 0 Å². The van der Waals surface area contributed by atoms with E-state index in [0.717, 1.165) is 36.3 Å². The molecule has 0 radical (unpaired) electrons. The summed E-state index contributed by atoms with van der Waals surface area (Å²) in [5, 5.41) is 8.11. The Kier molecular flexibility index (Phi) is 6.25. The second kappa shape index (κ2) is 9.50. The molecule has 1 aromatic heterocycles. The van der Waals surface area contributed by atoms with E-state index >= 15 is 0 Å². The highest BCUT2D eigenvalue weighted by Crippen LogP contribution is 2.32. The Morgan fingerprint density at radius 1 is 0.914 bits per heavy atom. The fourth-order valence-electron chi connectivity index (χ4n) is 4.56. The zero-order chi connectivity index (χ0) is 24.4. The van der Waals surface area contributed by atoms with Crippen molar-refractivity contribution < 1.29 is 18.0 Å². The summed E-state index contributed by atoms with van der Waals surface area (Å²) in [5.41, 5.74) is 1.72. The second-order valence-corrected chi connectivity index (χ2v) is 8.64. The molecule has 1 amide bonds. The molecule has 0 saturated carbocycles. The van der Waals surface area contributed by atoms with Crippen LogP contribution in [0.1, 0.15) is 24.4 Å². The first-order valence-corrected chi connectivity index (χ1v) is 11.5. The molecule has 6 nitrogen and oxygen atoms in total. The number of hydrogen-bond donors (Lipinski definition) is 0. The number of amides is 1. The number of benzene rings is 3. The van der Waals surface area contributed by atoms with Crippen LogP contribution in [0.2, 0.25) is 0 Å². The molecule has 9 heteroatoms. The largest absolute Gasteiger partial charge is 0.416 e. The highest BCUT2D eigenvalue weighted by Gasteiger charge is 2.32. The number of fused-ring (bicyclic) bond motifs is 1. The van der Waals surface area contributed by atoms with Gasteiger partial charge in [0.2, 0.25) is 5.91 Å². The predicted molar refractivity (Wildman–Crippen MR) is 127 cm³/mol. The Bertz CT molecular complexity index is 1260. The third kappa shape index (κ3) is 4.90. The molecular formula is C26H24F3N5O. The Balaban J connectivity index is 1.27. The summed E-state index contributed by atoms with van der Waals surface area (Å²) in [6, 6.07) is 22.7. The Morgan fingerprint density at radius 3 is 2.09 bits per heavy atom. The Morgan fingerprint density at radius 2 is 1.51 bits per heavy atom. The molecule has 0 atom stereocenters. The third-order valence-corrected chi connectivity index (χ3v) is 6.34. The van der Waals surface area contributed by atoms with Crippen molar-refractivity contribution in [3.8, 4) is 0 Å². The van der Waals surface area contributed by atoms with Gasteiger partial charge in [0.15, 0.2) is 0 Å². The number of anilines is 2. The molecule has 0 aliphatic carbocycles. The van der Waals surface area contributed by atoms with Crippen LogP contribution in [0.15, 0.2) is 78.9 Å². The minimum atomic E-state index is -4.41. The normalized spacial score (nSPS) is 15.4. The zero-order valence-corrected chi connectivity index (χ0v) is 18.9. The van der Waals surface area contributed by atoms with E-state index in [2.05, 4.69) is 15.2 Å². The van der Waals surface area contributed by atoms with Crippen LogP contribution in [0.4, 0.5) is 24.5 Å². The van der Waals surface area contributed by atoms with Gasteiger partial charge < -0.3 is 0 Å². The van der Waals surface area contributed by atoms with E-state index in [1.54, 1.807) is 9.58 Å². The highest BCUT2D eigenvalue weighted by atomic mass is 19.4. The van der Waals surface area contributed by atoms with E-state index < -0.39 is 11.7 Å². The molecular weight excluding hydrogens is 455 g/mol. The predicted octanol–water partition coefficient (Wildman–Crippen LogP) is 5.45. The molecule has 0 unspecified atom stereocenters. The number of likely N-dealkylation sites (tertiary alicyclic amines) is 1. The van der Waals surface area contributed by atoms with Crippen molar-refractivity contribution in [3.05, 3.63) is 84.4 Å². The molecule has 0 N–H and O–H groups in total. The van der Waals surface area contributed by atoms with Gasteiger partial charge in [0, 0.05) is 24.5 Å². The van der Waals surface area contributed by atoms with Crippen LogP contribution in [0.3, 0.4) is 0 Å². The van der Waals surface area contributed by atoms with Gasteiger partial charge in [-0.05, 0) is 55.3 Å². The van der Waals surface area contributed by atoms with Crippen molar-refractivity contribution in [2.75, 3.05) is 24.5 Å². The number of carbonyl (C=O) groups is 1. The van der Waals surface area contributed by atoms with Gasteiger partial charge >= 0.3 is 6.18 Å². The molecule has 4 aromatic rings. The van der Waals surface area contributed by atoms with Gasteiger partial charge in [-0.1, -0.05) is 41.6 Å². The maximum atomic E-state index is 13.4. The molecule has 0 spiro atoms. The molecule has 1 aliphatic heterocycles. The average molecular weight is 480 g/mol. The molecule has 5 rings (SSSR count). The first kappa shape index (κ1) is 23.0. The van der Waals surface area contributed by atoms with Gasteiger partial charge in [-0.2, -0.15) is 13.2 Å². The number of piperidine rings is 1. The van der Waals surface area contributed by atoms with Crippen LogP contribution in [-0.2, 0) is 11.0 Å². The molecule has 1 saturated heterocycles. The molecule has 180 valence electrons. The van der Waals surface area contributed by atoms with Crippen LogP contribution in [0.25, 0.3) is 11.0 Å². The van der Waals surface area contributed by atoms with E-state index in [9.17, 15) is 18.0 Å². The summed E-state index contributed by atoms with van der Waals surface area (Å²) in [6.07, 6.45) is -2.96. The quantitative estimate of drug-likeness (QED) is 0.382. The molecule has 1 aliphatic rings. The first-order valence-electron chi connectivity index (χ1n) is 11.5. The monoisotopic (exact) mass is 479 g/mol. The fraction of sp³-hybridized carbons (Fsp3) is 0.269. The van der Waals surface area contributed by atoms with Crippen LogP contribution < -0.4 is 4.90 Å². The summed E-state index contributed by atoms with van der Waals surface area (Å²) < 4.78 is 40.7. The molecule has 2 heterocycles. The third-order valence-electron chi connectivity index (χ3n) is 6.34. The fourth-order valence-corrected chi connectivity index (χ4v) is 4.56. The molecule has 3 aromatic carbocycles. The zero-order valence-electron chi connectivity index (χ0n) is 18.9. The second-order valence-electron chi connectivity index (χ2n) is 8.64. The number of para-hydroxylation sites is 2. The number of hydrogen-bond acceptors (Lipinski definition) is 4. The van der Waals surface area contributed by atoms with E-state index in [1.807, 2.05) is 60.7 Å². The first-order chi connectivity index (χ1) is 16.9. The number of alkyl halides is 3. The standard InChI is InChI=1S/C26H24F3N5O/c27-26(28,29)19-11-12-24-23(17-19)30-31-34(24)22-13-15-32(16-14-22)18-25(35)33(20-7-3-1-4-8-20)21-9-5-2-6-10-21/h1-12,17,22H,13-16,18H2. The molecule has 0 bridgehead atoms. The van der Waals surface area contributed by atoms with Crippen molar-refractivity contribution in [1.29, 1.82) is 0 Å². The summed E-state index contributed by atoms with van der Waals surface area (Å²) >= 11 is 0. The summed E-state index contributed by atoms with van der Waals surface area (Å²) in [5.74, 6) is -0.0215. The maximum absolute atomic E-state index is 13.4. The summed E-state index contributed by atoms with van der Waals surface area (Å²) in [4.78, 5) is 17.2. The van der Waals surface area contributed by atoms with Crippen molar-refractivity contribution in [3.63, 3.8) is 0 Å². The lowest BCUT2D eigenvalue weighted by Gasteiger charge is -2.33. The van der Waals surface area contributed by atoms with Gasteiger partial charge in [0.25, 0.3) is 0 Å². The number of nitrogens with zero attached hydrogens (tertiary/aromatic N) is 5. The Labute approximate surface area is 200 Å². The molecule has 35 heavy (non-hydrogen) atoms. The van der Waals surface area contributed by atoms with Gasteiger partial charge in [0.05, 0.1) is 23.7 Å². The topological polar surface area (TPSA) is 54.3 Å². The summed E-state index contributed by atoms with van der Waals surface area (Å²) in [6.45, 7) is 1.62. The van der Waals surface area contributed by atoms with Crippen molar-refractivity contribution in [2.45, 2.75) is 25.1 Å². The smallest absolute Gasteiger partial charge is 0.294 e. The van der Waals surface area contributed by atoms with E-state index in [0.29, 0.717) is 18.6 Å². The minimum absolute atomic E-state index is 0.0161. The van der Waals surface area contributed by atoms with Gasteiger partial charge in [-0.25, -0.2) is 4.68 Å². The number of halogens is 3. The van der Waals surface area contributed by atoms with Gasteiger partial charge in [0.1, 0.15) is 5.52 Å². The SMILES string of the molecule is O=C(CN1CCC(n2nnc3cc(C(F)(F)F)ccc32)CC1)N(c1ccccc1)c1ccccc1. The maximum Gasteiger partial charge on any atom is 0.416 e. The van der Waals surface area contributed by atoms with Crippen LogP contribution >= 0.6 is 0 Å². The van der Waals surface area contributed by atoms with Crippen LogP contribution in [-0.4, -0.2) is 45.4 Å². The van der Waals surface area contributed by atoms with Crippen molar-refractivity contribution in [2.24, 2.45) is 0 Å². The number of carbonyl (C=O) groups excluding carboxylic acids is 1. The van der Waals surface area contributed by atoms with E-state index in [4.69, 9.17) is 0 Å². The summed E-state index contributed by atoms with van der Waals surface area (Å²) in [7, 11) is 0. The van der Waals surface area contributed by atoms with E-state index in [-0.39, 0.29) is 24.0 Å². The number of rotatable bonds is 5. The lowest BCUT2D eigenvalue weighted by atomic mass is 10.0. The lowest BCUT2D eigenvalue weighted by Crippen LogP contribution is -2.42. The van der Waals surface area contributed by atoms with Crippen LogP contribution in [0.5, 0.6) is 0 Å². The van der Waals surface area contributed by atoms with Crippen molar-refractivity contribution >= 4 is 28.3 Å². The van der Waals surface area contributed by atoms with Crippen molar-refractivity contribution in [1.82, 2.24) is 19.9 Å². The highest BCUT2D eigenvalue weighted by molar-refractivity contribution is 6.01. The average Bonchev–Trinajstić information content (AvgIpc) is 3.29. The van der Waals surface area contributed by atoms with Gasteiger partial charge in [-0.15, -0.1) is 5.10 Å². The Hall–Kier alpha value is -3.72. The van der Waals surface area contributed by atoms with Gasteiger partial charge in [-0.3, -0.25) is 14.6 Å². The minimum Gasteiger partial charge on any atom is -0.294 e. The lowest BCUT2D eigenvalue weighted by molar-refractivity contribution is -0.137.